The molecule has 0 spiro atoms. The Morgan fingerprint density at radius 2 is 1.69 bits per heavy atom. The highest BCUT2D eigenvalue weighted by molar-refractivity contribution is 7.90. The van der Waals surface area contributed by atoms with Gasteiger partial charge in [-0.2, -0.15) is 0 Å². The molecule has 0 fully saturated rings. The molecule has 0 aliphatic heterocycles. The number of benzene rings is 3. The van der Waals surface area contributed by atoms with E-state index in [0.717, 1.165) is 38.5 Å². The first-order valence-electron chi connectivity index (χ1n) is 8.31. The maximum absolute atomic E-state index is 13.7. The van der Waals surface area contributed by atoms with Gasteiger partial charge < -0.3 is 4.98 Å². The second kappa shape index (κ2) is 5.95. The van der Waals surface area contributed by atoms with Crippen molar-refractivity contribution in [3.63, 3.8) is 0 Å². The van der Waals surface area contributed by atoms with E-state index in [0.29, 0.717) is 11.3 Å². The molecule has 1 aromatic heterocycles. The molecule has 0 amide bonds. The molecule has 0 bridgehead atoms. The maximum Gasteiger partial charge on any atom is 0.175 e. The van der Waals surface area contributed by atoms with Gasteiger partial charge in [-0.3, -0.25) is 0 Å². The number of rotatable bonds is 3. The molecule has 0 atom stereocenters. The second-order valence-electron chi connectivity index (χ2n) is 6.67. The zero-order valence-electron chi connectivity index (χ0n) is 14.5. The Labute approximate surface area is 151 Å². The SMILES string of the molecule is Cc1[nH]c2ccc(F)cc2c1Cc1cc2ccccc2cc1S(C)(=O)=O. The Morgan fingerprint density at radius 3 is 2.38 bits per heavy atom. The minimum absolute atomic E-state index is 0.306. The van der Waals surface area contributed by atoms with Crippen LogP contribution in [0.15, 0.2) is 59.5 Å². The largest absolute Gasteiger partial charge is 0.358 e. The van der Waals surface area contributed by atoms with Gasteiger partial charge in [-0.05, 0) is 59.2 Å². The van der Waals surface area contributed by atoms with Gasteiger partial charge in [0.25, 0.3) is 0 Å². The molecule has 0 unspecified atom stereocenters. The van der Waals surface area contributed by atoms with E-state index in [4.69, 9.17) is 0 Å². The van der Waals surface area contributed by atoms with Crippen LogP contribution in [0.1, 0.15) is 16.8 Å². The average Bonchev–Trinajstić information content (AvgIpc) is 2.89. The third kappa shape index (κ3) is 2.88. The molecule has 1 heterocycles. The van der Waals surface area contributed by atoms with Crippen molar-refractivity contribution in [2.45, 2.75) is 18.2 Å². The normalized spacial score (nSPS) is 12.1. The molecule has 0 aliphatic carbocycles. The minimum Gasteiger partial charge on any atom is -0.358 e. The van der Waals surface area contributed by atoms with Gasteiger partial charge in [0.05, 0.1) is 4.90 Å². The van der Waals surface area contributed by atoms with Crippen molar-refractivity contribution in [3.05, 3.63) is 77.2 Å². The number of aromatic amines is 1. The van der Waals surface area contributed by atoms with Crippen LogP contribution in [0.25, 0.3) is 21.7 Å². The van der Waals surface area contributed by atoms with Gasteiger partial charge in [0.1, 0.15) is 5.82 Å². The quantitative estimate of drug-likeness (QED) is 0.567. The van der Waals surface area contributed by atoms with E-state index in [1.807, 2.05) is 37.3 Å². The van der Waals surface area contributed by atoms with E-state index >= 15 is 0 Å². The molecule has 26 heavy (non-hydrogen) atoms. The molecular weight excluding hydrogens is 349 g/mol. The molecule has 3 aromatic carbocycles. The number of hydrogen-bond acceptors (Lipinski definition) is 2. The summed E-state index contributed by atoms with van der Waals surface area (Å²) in [6, 6.07) is 16.0. The first-order valence-corrected chi connectivity index (χ1v) is 10.2. The second-order valence-corrected chi connectivity index (χ2v) is 8.66. The van der Waals surface area contributed by atoms with Gasteiger partial charge in [-0.1, -0.05) is 24.3 Å². The number of hydrogen-bond donors (Lipinski definition) is 1. The molecule has 0 saturated heterocycles. The van der Waals surface area contributed by atoms with Crippen molar-refractivity contribution in [3.8, 4) is 0 Å². The summed E-state index contributed by atoms with van der Waals surface area (Å²) < 4.78 is 38.5. The minimum atomic E-state index is -3.39. The molecule has 4 aromatic rings. The molecule has 0 radical (unpaired) electrons. The monoisotopic (exact) mass is 367 g/mol. The number of sulfone groups is 1. The smallest absolute Gasteiger partial charge is 0.175 e. The number of nitrogens with one attached hydrogen (secondary N) is 1. The lowest BCUT2D eigenvalue weighted by Crippen LogP contribution is -2.04. The Balaban J connectivity index is 1.95. The highest BCUT2D eigenvalue weighted by atomic mass is 32.2. The van der Waals surface area contributed by atoms with Crippen LogP contribution in [0.5, 0.6) is 0 Å². The topological polar surface area (TPSA) is 49.9 Å². The molecule has 0 saturated carbocycles. The zero-order chi connectivity index (χ0) is 18.5. The van der Waals surface area contributed by atoms with Gasteiger partial charge in [-0.15, -0.1) is 0 Å². The number of H-pyrrole nitrogens is 1. The number of aromatic nitrogens is 1. The van der Waals surface area contributed by atoms with Crippen molar-refractivity contribution in [2.75, 3.05) is 6.26 Å². The Morgan fingerprint density at radius 1 is 1.00 bits per heavy atom. The van der Waals surface area contributed by atoms with E-state index in [1.54, 1.807) is 12.1 Å². The summed E-state index contributed by atoms with van der Waals surface area (Å²) in [5.41, 5.74) is 3.40. The van der Waals surface area contributed by atoms with E-state index in [9.17, 15) is 12.8 Å². The van der Waals surface area contributed by atoms with Crippen LogP contribution in [0.4, 0.5) is 4.39 Å². The lowest BCUT2D eigenvalue weighted by Gasteiger charge is -2.11. The fourth-order valence-electron chi connectivity index (χ4n) is 3.52. The summed E-state index contributed by atoms with van der Waals surface area (Å²) in [5, 5.41) is 2.66. The van der Waals surface area contributed by atoms with Gasteiger partial charge in [0.15, 0.2) is 9.84 Å². The third-order valence-electron chi connectivity index (χ3n) is 4.78. The predicted octanol–water partition coefficient (Wildman–Crippen LogP) is 4.76. The van der Waals surface area contributed by atoms with Crippen molar-refractivity contribution in [1.82, 2.24) is 4.98 Å². The number of fused-ring (bicyclic) bond motifs is 2. The van der Waals surface area contributed by atoms with Crippen LogP contribution in [0, 0.1) is 12.7 Å². The lowest BCUT2D eigenvalue weighted by molar-refractivity contribution is 0.601. The predicted molar refractivity (Wildman–Crippen MR) is 103 cm³/mol. The third-order valence-corrected chi connectivity index (χ3v) is 5.96. The summed E-state index contributed by atoms with van der Waals surface area (Å²) in [4.78, 5) is 3.57. The van der Waals surface area contributed by atoms with Crippen LogP contribution in [0.3, 0.4) is 0 Å². The standard InChI is InChI=1S/C21H18FNO2S/c1-13-18(19-12-17(22)7-8-20(19)23-13)10-16-9-14-5-3-4-6-15(14)11-21(16)26(2,24)25/h3-9,11-12,23H,10H2,1-2H3. The van der Waals surface area contributed by atoms with E-state index in [-0.39, 0.29) is 5.82 Å². The first-order chi connectivity index (χ1) is 12.3. The fourth-order valence-corrected chi connectivity index (χ4v) is 4.47. The molecule has 4 rings (SSSR count). The Hall–Kier alpha value is -2.66. The Bertz CT molecular complexity index is 1260. The van der Waals surface area contributed by atoms with Crippen molar-refractivity contribution in [2.24, 2.45) is 0 Å². The zero-order valence-corrected chi connectivity index (χ0v) is 15.3. The van der Waals surface area contributed by atoms with Crippen molar-refractivity contribution in [1.29, 1.82) is 0 Å². The van der Waals surface area contributed by atoms with E-state index < -0.39 is 9.84 Å². The van der Waals surface area contributed by atoms with Crippen molar-refractivity contribution >= 4 is 31.5 Å². The molecule has 5 heteroatoms. The fraction of sp³-hybridized carbons (Fsp3) is 0.143. The van der Waals surface area contributed by atoms with Crippen LogP contribution in [0.2, 0.25) is 0 Å². The van der Waals surface area contributed by atoms with Crippen LogP contribution >= 0.6 is 0 Å². The van der Waals surface area contributed by atoms with Gasteiger partial charge >= 0.3 is 0 Å². The highest BCUT2D eigenvalue weighted by Crippen LogP contribution is 2.30. The summed E-state index contributed by atoms with van der Waals surface area (Å²) in [5.74, 6) is -0.306. The summed E-state index contributed by atoms with van der Waals surface area (Å²) in [6.45, 7) is 1.93. The molecule has 1 N–H and O–H groups in total. The lowest BCUT2D eigenvalue weighted by atomic mass is 9.99. The number of aryl methyl sites for hydroxylation is 1. The molecule has 0 aliphatic rings. The van der Waals surface area contributed by atoms with E-state index in [1.165, 1.54) is 18.4 Å². The highest BCUT2D eigenvalue weighted by Gasteiger charge is 2.18. The summed E-state index contributed by atoms with van der Waals surface area (Å²) >= 11 is 0. The van der Waals surface area contributed by atoms with Gasteiger partial charge in [0, 0.05) is 29.3 Å². The molecule has 3 nitrogen and oxygen atoms in total. The van der Waals surface area contributed by atoms with Gasteiger partial charge in [0.2, 0.25) is 0 Å². The van der Waals surface area contributed by atoms with Crippen molar-refractivity contribution < 1.29 is 12.8 Å². The average molecular weight is 367 g/mol. The summed E-state index contributed by atoms with van der Waals surface area (Å²) in [7, 11) is -3.39. The Kier molecular flexibility index (Phi) is 3.84. The maximum atomic E-state index is 13.7. The van der Waals surface area contributed by atoms with E-state index in [2.05, 4.69) is 4.98 Å². The number of halogens is 1. The molecule has 132 valence electrons. The van der Waals surface area contributed by atoms with Gasteiger partial charge in [-0.25, -0.2) is 12.8 Å². The summed E-state index contributed by atoms with van der Waals surface area (Å²) in [6.07, 6.45) is 1.64. The van der Waals surface area contributed by atoms with Crippen LogP contribution in [-0.4, -0.2) is 19.7 Å². The molecular formula is C21H18FNO2S. The van der Waals surface area contributed by atoms with Crippen LogP contribution in [-0.2, 0) is 16.3 Å². The van der Waals surface area contributed by atoms with Crippen LogP contribution < -0.4 is 0 Å². The first kappa shape index (κ1) is 16.8.